The molecule has 4 heteroatoms. The highest BCUT2D eigenvalue weighted by Gasteiger charge is 2.39. The predicted molar refractivity (Wildman–Crippen MR) is 99.5 cm³/mol. The Morgan fingerprint density at radius 2 is 1.76 bits per heavy atom. The van der Waals surface area contributed by atoms with Gasteiger partial charge in [-0.05, 0) is 38.6 Å². The molecule has 1 aliphatic heterocycles. The van der Waals surface area contributed by atoms with E-state index in [1.165, 1.54) is 0 Å². The molecule has 128 valence electrons. The van der Waals surface area contributed by atoms with Gasteiger partial charge < -0.3 is 10.2 Å². The van der Waals surface area contributed by atoms with E-state index >= 15 is 0 Å². The fourth-order valence-electron chi connectivity index (χ4n) is 3.16. The summed E-state index contributed by atoms with van der Waals surface area (Å²) in [4.78, 5) is 27.7. The van der Waals surface area contributed by atoms with Crippen molar-refractivity contribution in [1.29, 1.82) is 0 Å². The molecule has 0 spiro atoms. The number of para-hydroxylation sites is 1. The lowest BCUT2D eigenvalue weighted by Gasteiger charge is -2.34. The lowest BCUT2D eigenvalue weighted by atomic mass is 9.96. The number of nitrogens with one attached hydrogen (secondary N) is 1. The minimum atomic E-state index is -0.627. The van der Waals surface area contributed by atoms with Gasteiger partial charge in [0.2, 0.25) is 5.91 Å². The maximum atomic E-state index is 12.9. The quantitative estimate of drug-likeness (QED) is 0.845. The number of likely N-dealkylation sites (N-methyl/N-ethyl adjacent to an activating group) is 1. The zero-order valence-corrected chi connectivity index (χ0v) is 14.5. The van der Waals surface area contributed by atoms with Gasteiger partial charge in [0.15, 0.2) is 5.78 Å². The molecule has 2 aromatic rings. The van der Waals surface area contributed by atoms with Crippen LogP contribution in [0.15, 0.2) is 66.9 Å². The summed E-state index contributed by atoms with van der Waals surface area (Å²) in [7, 11) is 0. The van der Waals surface area contributed by atoms with Crippen molar-refractivity contribution in [1.82, 2.24) is 4.90 Å². The summed E-state index contributed by atoms with van der Waals surface area (Å²) in [6, 6.07) is 16.3. The number of carbonyl (C=O) groups excluding carboxylic acids is 2. The van der Waals surface area contributed by atoms with E-state index < -0.39 is 5.54 Å². The van der Waals surface area contributed by atoms with Gasteiger partial charge >= 0.3 is 0 Å². The van der Waals surface area contributed by atoms with Gasteiger partial charge in [0.25, 0.3) is 0 Å². The number of ketones is 1. The summed E-state index contributed by atoms with van der Waals surface area (Å²) in [6.45, 7) is 4.70. The third kappa shape index (κ3) is 3.20. The number of amides is 1. The zero-order chi connectivity index (χ0) is 17.9. The molecule has 0 aromatic heterocycles. The summed E-state index contributed by atoms with van der Waals surface area (Å²) in [5, 5.41) is 2.97. The fraction of sp³-hybridized carbons (Fsp3) is 0.238. The lowest BCUT2D eigenvalue weighted by Crippen LogP contribution is -2.50. The fourth-order valence-corrected chi connectivity index (χ4v) is 3.16. The third-order valence-corrected chi connectivity index (χ3v) is 4.72. The van der Waals surface area contributed by atoms with Gasteiger partial charge in [0.1, 0.15) is 5.54 Å². The van der Waals surface area contributed by atoms with Gasteiger partial charge in [-0.2, -0.15) is 0 Å². The third-order valence-electron chi connectivity index (χ3n) is 4.72. The van der Waals surface area contributed by atoms with E-state index in [9.17, 15) is 9.59 Å². The minimum Gasteiger partial charge on any atom is -0.364 e. The van der Waals surface area contributed by atoms with Crippen LogP contribution in [0, 0.1) is 0 Å². The van der Waals surface area contributed by atoms with Crippen molar-refractivity contribution in [2.45, 2.75) is 25.8 Å². The summed E-state index contributed by atoms with van der Waals surface area (Å²) in [5.74, 6) is -0.203. The molecule has 1 N–H and O–H groups in total. The van der Waals surface area contributed by atoms with Gasteiger partial charge in [-0.3, -0.25) is 9.59 Å². The highest BCUT2D eigenvalue weighted by Crippen LogP contribution is 2.29. The average Bonchev–Trinajstić information content (AvgIpc) is 3.04. The first-order valence-electron chi connectivity index (χ1n) is 8.50. The highest BCUT2D eigenvalue weighted by atomic mass is 16.2. The van der Waals surface area contributed by atoms with Crippen molar-refractivity contribution in [3.63, 3.8) is 0 Å². The first kappa shape index (κ1) is 17.0. The van der Waals surface area contributed by atoms with Gasteiger partial charge in [-0.1, -0.05) is 48.5 Å². The van der Waals surface area contributed by atoms with Gasteiger partial charge in [0, 0.05) is 17.7 Å². The van der Waals surface area contributed by atoms with E-state index in [0.717, 1.165) is 6.54 Å². The molecule has 1 aliphatic rings. The normalized spacial score (nSPS) is 19.0. The SMILES string of the molecule is CCN1C=CC[C@]1(C)C(=O)Nc1ccccc1C(=O)c1ccccc1. The van der Waals surface area contributed by atoms with Crippen LogP contribution in [0.3, 0.4) is 0 Å². The van der Waals surface area contributed by atoms with Gasteiger partial charge in [0.05, 0.1) is 5.69 Å². The average molecular weight is 334 g/mol. The van der Waals surface area contributed by atoms with Crippen molar-refractivity contribution < 1.29 is 9.59 Å². The summed E-state index contributed by atoms with van der Waals surface area (Å²) < 4.78 is 0. The number of benzene rings is 2. The second-order valence-corrected chi connectivity index (χ2v) is 6.34. The van der Waals surface area contributed by atoms with Crippen LogP contribution in [-0.2, 0) is 4.79 Å². The number of nitrogens with zero attached hydrogens (tertiary/aromatic N) is 1. The highest BCUT2D eigenvalue weighted by molar-refractivity contribution is 6.14. The van der Waals surface area contributed by atoms with Crippen molar-refractivity contribution in [3.8, 4) is 0 Å². The van der Waals surface area contributed by atoms with E-state index in [1.54, 1.807) is 24.3 Å². The second kappa shape index (κ2) is 6.93. The predicted octanol–water partition coefficient (Wildman–Crippen LogP) is 3.85. The first-order valence-corrected chi connectivity index (χ1v) is 8.50. The van der Waals surface area contributed by atoms with Gasteiger partial charge in [-0.15, -0.1) is 0 Å². The monoisotopic (exact) mass is 334 g/mol. The summed E-state index contributed by atoms with van der Waals surface area (Å²) >= 11 is 0. The van der Waals surface area contributed by atoms with Crippen LogP contribution in [0.2, 0.25) is 0 Å². The van der Waals surface area contributed by atoms with E-state index in [-0.39, 0.29) is 11.7 Å². The summed E-state index contributed by atoms with van der Waals surface area (Å²) in [5.41, 5.74) is 1.02. The number of carbonyl (C=O) groups is 2. The molecule has 0 saturated heterocycles. The molecule has 1 atom stereocenters. The zero-order valence-electron chi connectivity index (χ0n) is 14.5. The second-order valence-electron chi connectivity index (χ2n) is 6.34. The Morgan fingerprint density at radius 3 is 2.48 bits per heavy atom. The van der Waals surface area contributed by atoms with Crippen molar-refractivity contribution in [3.05, 3.63) is 78.0 Å². The van der Waals surface area contributed by atoms with Crippen LogP contribution in [0.1, 0.15) is 36.2 Å². The Morgan fingerprint density at radius 1 is 1.08 bits per heavy atom. The van der Waals surface area contributed by atoms with Crippen LogP contribution in [0.25, 0.3) is 0 Å². The molecule has 0 bridgehead atoms. The Bertz CT molecular complexity index is 814. The number of hydrogen-bond donors (Lipinski definition) is 1. The van der Waals surface area contributed by atoms with Gasteiger partial charge in [-0.25, -0.2) is 0 Å². The maximum absolute atomic E-state index is 12.9. The minimum absolute atomic E-state index is 0.0986. The standard InChI is InChI=1S/C21H22N2O2/c1-3-23-15-9-14-21(23,2)20(25)22-18-13-8-7-12-17(18)19(24)16-10-5-4-6-11-16/h4-13,15H,3,14H2,1-2H3,(H,22,25)/t21-/m1/s1. The Labute approximate surface area is 148 Å². The van der Waals surface area contributed by atoms with E-state index in [2.05, 4.69) is 5.32 Å². The largest absolute Gasteiger partial charge is 0.364 e. The van der Waals surface area contributed by atoms with Crippen LogP contribution in [0.4, 0.5) is 5.69 Å². The van der Waals surface area contributed by atoms with Crippen molar-refractivity contribution >= 4 is 17.4 Å². The number of rotatable bonds is 5. The van der Waals surface area contributed by atoms with E-state index in [1.807, 2.05) is 61.4 Å². The molecule has 1 heterocycles. The molecular weight excluding hydrogens is 312 g/mol. The molecule has 3 rings (SSSR count). The smallest absolute Gasteiger partial charge is 0.250 e. The molecule has 25 heavy (non-hydrogen) atoms. The lowest BCUT2D eigenvalue weighted by molar-refractivity contribution is -0.124. The maximum Gasteiger partial charge on any atom is 0.250 e. The van der Waals surface area contributed by atoms with E-state index in [0.29, 0.717) is 23.2 Å². The molecule has 1 amide bonds. The van der Waals surface area contributed by atoms with Crippen LogP contribution >= 0.6 is 0 Å². The first-order chi connectivity index (χ1) is 12.1. The Hall–Kier alpha value is -2.88. The molecule has 0 radical (unpaired) electrons. The number of hydrogen-bond acceptors (Lipinski definition) is 3. The molecular formula is C21H22N2O2. The molecule has 0 saturated carbocycles. The van der Waals surface area contributed by atoms with Crippen LogP contribution in [-0.4, -0.2) is 28.7 Å². The van der Waals surface area contributed by atoms with Crippen LogP contribution in [0.5, 0.6) is 0 Å². The Balaban J connectivity index is 1.87. The topological polar surface area (TPSA) is 49.4 Å². The molecule has 2 aromatic carbocycles. The Kier molecular flexibility index (Phi) is 4.70. The van der Waals surface area contributed by atoms with E-state index in [4.69, 9.17) is 0 Å². The molecule has 0 unspecified atom stereocenters. The summed E-state index contributed by atoms with van der Waals surface area (Å²) in [6.07, 6.45) is 4.62. The van der Waals surface area contributed by atoms with Crippen LogP contribution < -0.4 is 5.32 Å². The molecule has 0 aliphatic carbocycles. The number of anilines is 1. The molecule has 4 nitrogen and oxygen atoms in total. The van der Waals surface area contributed by atoms with Crippen molar-refractivity contribution in [2.24, 2.45) is 0 Å². The molecule has 0 fully saturated rings. The van der Waals surface area contributed by atoms with Crippen molar-refractivity contribution in [2.75, 3.05) is 11.9 Å².